The van der Waals surface area contributed by atoms with E-state index in [4.69, 9.17) is 0 Å². The smallest absolute Gasteiger partial charge is 0.0459 e. The van der Waals surface area contributed by atoms with E-state index < -0.39 is 0 Å². The molecule has 0 nitrogen and oxygen atoms in total. The monoisotopic (exact) mass is 300 g/mol. The van der Waals surface area contributed by atoms with E-state index in [2.05, 4.69) is 42.8 Å². The van der Waals surface area contributed by atoms with Gasteiger partial charge in [0.2, 0.25) is 0 Å². The molecule has 0 saturated heterocycles. The zero-order valence-corrected chi connectivity index (χ0v) is 12.9. The van der Waals surface area contributed by atoms with Crippen LogP contribution < -0.4 is 0 Å². The molecule has 1 aromatic heterocycles. The fourth-order valence-corrected chi connectivity index (χ4v) is 4.94. The highest BCUT2D eigenvalue weighted by atomic mass is 79.9. The molecule has 1 heterocycles. The first-order chi connectivity index (χ1) is 7.53. The SMILES string of the molecule is Cc1cc(C(Br)C2(C)CCCCC2)c(C)s1. The summed E-state index contributed by atoms with van der Waals surface area (Å²) in [5.41, 5.74) is 2.00. The highest BCUT2D eigenvalue weighted by molar-refractivity contribution is 9.09. The fraction of sp³-hybridized carbons (Fsp3) is 0.714. The minimum Gasteiger partial charge on any atom is -0.146 e. The molecule has 2 rings (SSSR count). The highest BCUT2D eigenvalue weighted by Crippen LogP contribution is 2.51. The summed E-state index contributed by atoms with van der Waals surface area (Å²) in [6.45, 7) is 6.93. The maximum Gasteiger partial charge on any atom is 0.0459 e. The number of thiophene rings is 1. The molecular weight excluding hydrogens is 280 g/mol. The van der Waals surface area contributed by atoms with Crippen molar-refractivity contribution in [3.63, 3.8) is 0 Å². The molecule has 1 fully saturated rings. The van der Waals surface area contributed by atoms with Crippen molar-refractivity contribution in [3.8, 4) is 0 Å². The third-order valence-electron chi connectivity index (χ3n) is 3.96. The molecule has 0 spiro atoms. The lowest BCUT2D eigenvalue weighted by Gasteiger charge is -2.38. The van der Waals surface area contributed by atoms with E-state index in [0.717, 1.165) is 0 Å². The molecule has 0 radical (unpaired) electrons. The van der Waals surface area contributed by atoms with Gasteiger partial charge in [0, 0.05) is 14.6 Å². The van der Waals surface area contributed by atoms with E-state index in [-0.39, 0.29) is 0 Å². The fourth-order valence-electron chi connectivity index (χ4n) is 2.89. The van der Waals surface area contributed by atoms with Crippen molar-refractivity contribution >= 4 is 27.3 Å². The van der Waals surface area contributed by atoms with E-state index in [1.54, 1.807) is 0 Å². The third-order valence-corrected chi connectivity index (χ3v) is 6.54. The summed E-state index contributed by atoms with van der Waals surface area (Å²) in [6, 6.07) is 2.37. The van der Waals surface area contributed by atoms with Gasteiger partial charge >= 0.3 is 0 Å². The van der Waals surface area contributed by atoms with Crippen molar-refractivity contribution in [3.05, 3.63) is 21.4 Å². The normalized spacial score (nSPS) is 22.0. The molecule has 0 amide bonds. The van der Waals surface area contributed by atoms with Crippen LogP contribution in [-0.4, -0.2) is 0 Å². The van der Waals surface area contributed by atoms with E-state index in [1.807, 2.05) is 11.3 Å². The average molecular weight is 301 g/mol. The first kappa shape index (κ1) is 12.6. The van der Waals surface area contributed by atoms with Gasteiger partial charge in [-0.25, -0.2) is 0 Å². The van der Waals surface area contributed by atoms with Crippen molar-refractivity contribution in [1.82, 2.24) is 0 Å². The molecule has 1 atom stereocenters. The molecule has 0 aromatic carbocycles. The second-order valence-electron chi connectivity index (χ2n) is 5.45. The number of alkyl halides is 1. The Morgan fingerprint density at radius 1 is 1.25 bits per heavy atom. The molecule has 2 heteroatoms. The average Bonchev–Trinajstić information content (AvgIpc) is 2.58. The van der Waals surface area contributed by atoms with E-state index >= 15 is 0 Å². The van der Waals surface area contributed by atoms with Crippen LogP contribution in [0.2, 0.25) is 0 Å². The maximum atomic E-state index is 3.97. The summed E-state index contributed by atoms with van der Waals surface area (Å²) < 4.78 is 0. The lowest BCUT2D eigenvalue weighted by Crippen LogP contribution is -2.25. The van der Waals surface area contributed by atoms with Crippen molar-refractivity contribution in [2.24, 2.45) is 5.41 Å². The molecule has 16 heavy (non-hydrogen) atoms. The van der Waals surface area contributed by atoms with Gasteiger partial charge in [0.05, 0.1) is 0 Å². The Balaban J connectivity index is 2.23. The Bertz CT molecular complexity index is 361. The molecular formula is C14H21BrS. The summed E-state index contributed by atoms with van der Waals surface area (Å²) in [5, 5.41) is 0. The second-order valence-corrected chi connectivity index (χ2v) is 7.82. The lowest BCUT2D eigenvalue weighted by molar-refractivity contribution is 0.213. The highest BCUT2D eigenvalue weighted by Gasteiger charge is 2.35. The van der Waals surface area contributed by atoms with Gasteiger partial charge < -0.3 is 0 Å². The maximum absolute atomic E-state index is 3.97. The van der Waals surface area contributed by atoms with Gasteiger partial charge in [-0.3, -0.25) is 0 Å². The second kappa shape index (κ2) is 4.81. The van der Waals surface area contributed by atoms with Crippen LogP contribution in [0.15, 0.2) is 6.07 Å². The molecule has 90 valence electrons. The van der Waals surface area contributed by atoms with Crippen LogP contribution in [-0.2, 0) is 0 Å². The van der Waals surface area contributed by atoms with Gasteiger partial charge in [0.25, 0.3) is 0 Å². The minimum absolute atomic E-state index is 0.469. The number of hydrogen-bond donors (Lipinski definition) is 0. The quantitative estimate of drug-likeness (QED) is 0.608. The van der Waals surface area contributed by atoms with Gasteiger partial charge in [-0.2, -0.15) is 0 Å². The first-order valence-corrected chi connectivity index (χ1v) is 7.97. The van der Waals surface area contributed by atoms with Crippen molar-refractivity contribution in [2.75, 3.05) is 0 Å². The number of aryl methyl sites for hydroxylation is 2. The molecule has 0 aliphatic heterocycles. The Hall–Kier alpha value is 0.180. The molecule has 0 N–H and O–H groups in total. The van der Waals surface area contributed by atoms with Crippen molar-refractivity contribution < 1.29 is 0 Å². The van der Waals surface area contributed by atoms with Crippen LogP contribution in [0.1, 0.15) is 59.2 Å². The summed E-state index contributed by atoms with van der Waals surface area (Å²) in [5.74, 6) is 0. The molecule has 1 aliphatic carbocycles. The Morgan fingerprint density at radius 3 is 2.38 bits per heavy atom. The van der Waals surface area contributed by atoms with Crippen molar-refractivity contribution in [2.45, 2.75) is 57.7 Å². The van der Waals surface area contributed by atoms with Gasteiger partial charge in [-0.15, -0.1) is 11.3 Å². The standard InChI is InChI=1S/C14H21BrS/c1-10-9-12(11(2)16-10)13(15)14(3)7-5-4-6-8-14/h9,13H,4-8H2,1-3H3. The molecule has 1 aromatic rings. The van der Waals surface area contributed by atoms with Crippen LogP contribution in [0.3, 0.4) is 0 Å². The Kier molecular flexibility index (Phi) is 3.80. The van der Waals surface area contributed by atoms with Crippen LogP contribution in [0.25, 0.3) is 0 Å². The minimum atomic E-state index is 0.469. The molecule has 0 bridgehead atoms. The lowest BCUT2D eigenvalue weighted by atomic mass is 9.72. The zero-order chi connectivity index (χ0) is 11.8. The predicted octanol–water partition coefficient (Wildman–Crippen LogP) is 5.77. The van der Waals surface area contributed by atoms with Gasteiger partial charge in [0.1, 0.15) is 0 Å². The molecule has 1 saturated carbocycles. The molecule has 1 aliphatic rings. The predicted molar refractivity (Wildman–Crippen MR) is 76.7 cm³/mol. The van der Waals surface area contributed by atoms with Crippen LogP contribution in [0, 0.1) is 19.3 Å². The molecule has 1 unspecified atom stereocenters. The first-order valence-electron chi connectivity index (χ1n) is 6.24. The van der Waals surface area contributed by atoms with Crippen LogP contribution in [0.5, 0.6) is 0 Å². The van der Waals surface area contributed by atoms with Gasteiger partial charge in [-0.1, -0.05) is 42.1 Å². The number of halogens is 1. The van der Waals surface area contributed by atoms with Crippen molar-refractivity contribution in [1.29, 1.82) is 0 Å². The van der Waals surface area contributed by atoms with E-state index in [1.165, 1.54) is 47.4 Å². The van der Waals surface area contributed by atoms with Gasteiger partial charge in [-0.05, 0) is 43.7 Å². The zero-order valence-electron chi connectivity index (χ0n) is 10.5. The van der Waals surface area contributed by atoms with E-state index in [0.29, 0.717) is 10.2 Å². The Labute approximate surface area is 112 Å². The Morgan fingerprint density at radius 2 is 1.88 bits per heavy atom. The summed E-state index contributed by atoms with van der Waals surface area (Å²) >= 11 is 5.90. The number of rotatable bonds is 2. The topological polar surface area (TPSA) is 0 Å². The summed E-state index contributed by atoms with van der Waals surface area (Å²) in [6.07, 6.45) is 6.98. The van der Waals surface area contributed by atoms with E-state index in [9.17, 15) is 0 Å². The third kappa shape index (κ3) is 2.38. The van der Waals surface area contributed by atoms with Gasteiger partial charge in [0.15, 0.2) is 0 Å². The van der Waals surface area contributed by atoms with Crippen LogP contribution >= 0.6 is 27.3 Å². The summed E-state index contributed by atoms with van der Waals surface area (Å²) in [7, 11) is 0. The summed E-state index contributed by atoms with van der Waals surface area (Å²) in [4.78, 5) is 3.48. The van der Waals surface area contributed by atoms with Crippen LogP contribution in [0.4, 0.5) is 0 Å². The largest absolute Gasteiger partial charge is 0.146 e. The number of hydrogen-bond acceptors (Lipinski definition) is 1.